The maximum absolute atomic E-state index is 12.3. The van der Waals surface area contributed by atoms with Gasteiger partial charge in [0.05, 0.1) is 23.3 Å². The third-order valence-electron chi connectivity index (χ3n) is 5.34. The molecule has 4 aromatic rings. The molecule has 0 saturated heterocycles. The Hall–Kier alpha value is -3.94. The van der Waals surface area contributed by atoms with E-state index < -0.39 is 5.60 Å². The first kappa shape index (κ1) is 20.0. The number of nitrogen functional groups attached to an aromatic ring is 1. The van der Waals surface area contributed by atoms with Gasteiger partial charge in [-0.1, -0.05) is 42.5 Å². The van der Waals surface area contributed by atoms with Crippen LogP contribution in [0.15, 0.2) is 55.0 Å². The van der Waals surface area contributed by atoms with Crippen LogP contribution in [0.2, 0.25) is 0 Å². The van der Waals surface area contributed by atoms with E-state index in [1.54, 1.807) is 10.9 Å². The van der Waals surface area contributed by atoms with Crippen molar-refractivity contribution < 1.29 is 9.53 Å². The standard InChI is InChI=1S/C24H24N6O2/c1-24(2,3)32-23(31)29-12-17(13-29)30-22-20(21(25)26-14-27-22)19(28-30)11-16-9-6-8-15-7-4-5-10-18(15)16/h4-10,12,14H,11,13H2,1-3H3,(H2,25,26,27). The number of nitrogens with zero attached hydrogens (tertiary/aromatic N) is 5. The Balaban J connectivity index is 1.52. The average molecular weight is 428 g/mol. The molecule has 3 heterocycles. The van der Waals surface area contributed by atoms with Crippen molar-refractivity contribution in [1.29, 1.82) is 0 Å². The zero-order chi connectivity index (χ0) is 22.5. The fraction of sp³-hybridized carbons (Fsp3) is 0.250. The van der Waals surface area contributed by atoms with Crippen molar-refractivity contribution in [2.75, 3.05) is 12.3 Å². The number of carbonyl (C=O) groups excluding carboxylic acids is 1. The van der Waals surface area contributed by atoms with E-state index in [0.717, 1.165) is 22.3 Å². The van der Waals surface area contributed by atoms with Crippen molar-refractivity contribution in [2.24, 2.45) is 0 Å². The molecule has 1 aliphatic rings. The molecule has 5 rings (SSSR count). The molecule has 0 radical (unpaired) electrons. The molecule has 32 heavy (non-hydrogen) atoms. The molecular formula is C24H24N6O2. The largest absolute Gasteiger partial charge is 0.443 e. The summed E-state index contributed by atoms with van der Waals surface area (Å²) in [5.74, 6) is 0.389. The van der Waals surface area contributed by atoms with Crippen LogP contribution in [0.25, 0.3) is 27.5 Å². The molecule has 0 unspecified atom stereocenters. The van der Waals surface area contributed by atoms with Crippen molar-refractivity contribution in [1.82, 2.24) is 24.6 Å². The molecule has 8 heteroatoms. The van der Waals surface area contributed by atoms with Crippen LogP contribution >= 0.6 is 0 Å². The number of benzene rings is 2. The third-order valence-corrected chi connectivity index (χ3v) is 5.34. The predicted molar refractivity (Wildman–Crippen MR) is 124 cm³/mol. The highest BCUT2D eigenvalue weighted by molar-refractivity contribution is 5.92. The van der Waals surface area contributed by atoms with Crippen LogP contribution in [0.1, 0.15) is 32.0 Å². The first-order valence-corrected chi connectivity index (χ1v) is 10.5. The highest BCUT2D eigenvalue weighted by atomic mass is 16.6. The van der Waals surface area contributed by atoms with Crippen molar-refractivity contribution in [3.8, 4) is 0 Å². The van der Waals surface area contributed by atoms with Crippen LogP contribution in [0.3, 0.4) is 0 Å². The maximum Gasteiger partial charge on any atom is 0.414 e. The summed E-state index contributed by atoms with van der Waals surface area (Å²) in [6.07, 6.45) is 3.36. The Bertz CT molecular complexity index is 1380. The molecule has 2 aromatic heterocycles. The first-order valence-electron chi connectivity index (χ1n) is 10.5. The van der Waals surface area contributed by atoms with E-state index in [1.807, 2.05) is 39.0 Å². The second-order valence-corrected chi connectivity index (χ2v) is 8.86. The maximum atomic E-state index is 12.3. The molecule has 2 N–H and O–H groups in total. The lowest BCUT2D eigenvalue weighted by atomic mass is 10.0. The van der Waals surface area contributed by atoms with Gasteiger partial charge < -0.3 is 10.5 Å². The lowest BCUT2D eigenvalue weighted by Crippen LogP contribution is -2.40. The number of nitrogens with two attached hydrogens (primary N) is 1. The molecule has 0 fully saturated rings. The topological polar surface area (TPSA) is 99.2 Å². The van der Waals surface area contributed by atoms with E-state index >= 15 is 0 Å². The third kappa shape index (κ3) is 3.53. The van der Waals surface area contributed by atoms with Gasteiger partial charge in [0.15, 0.2) is 5.65 Å². The Labute approximate surface area is 185 Å². The average Bonchev–Trinajstić information content (AvgIpc) is 3.05. The lowest BCUT2D eigenvalue weighted by molar-refractivity contribution is 0.0330. The van der Waals surface area contributed by atoms with Crippen molar-refractivity contribution in [3.05, 3.63) is 66.2 Å². The molecule has 8 nitrogen and oxygen atoms in total. The number of amides is 1. The fourth-order valence-electron chi connectivity index (χ4n) is 3.88. The van der Waals surface area contributed by atoms with E-state index in [9.17, 15) is 4.79 Å². The second-order valence-electron chi connectivity index (χ2n) is 8.86. The minimum Gasteiger partial charge on any atom is -0.443 e. The van der Waals surface area contributed by atoms with Gasteiger partial charge in [0, 0.05) is 12.6 Å². The number of rotatable bonds is 3. The molecule has 2 aromatic carbocycles. The van der Waals surface area contributed by atoms with Gasteiger partial charge in [-0.2, -0.15) is 5.10 Å². The van der Waals surface area contributed by atoms with E-state index in [2.05, 4.69) is 34.2 Å². The highest BCUT2D eigenvalue weighted by Crippen LogP contribution is 2.30. The summed E-state index contributed by atoms with van der Waals surface area (Å²) in [7, 11) is 0. The fourth-order valence-corrected chi connectivity index (χ4v) is 3.88. The molecule has 162 valence electrons. The monoisotopic (exact) mass is 428 g/mol. The summed E-state index contributed by atoms with van der Waals surface area (Å²) in [5.41, 5.74) is 9.09. The molecule has 0 saturated carbocycles. The van der Waals surface area contributed by atoms with Gasteiger partial charge in [0.2, 0.25) is 0 Å². The van der Waals surface area contributed by atoms with Gasteiger partial charge in [-0.25, -0.2) is 19.4 Å². The first-order chi connectivity index (χ1) is 15.3. The van der Waals surface area contributed by atoms with Crippen molar-refractivity contribution in [2.45, 2.75) is 32.8 Å². The smallest absolute Gasteiger partial charge is 0.414 e. The predicted octanol–water partition coefficient (Wildman–Crippen LogP) is 4.20. The number of fused-ring (bicyclic) bond motifs is 2. The normalized spacial score (nSPS) is 13.8. The van der Waals surface area contributed by atoms with Crippen LogP contribution in [0, 0.1) is 0 Å². The van der Waals surface area contributed by atoms with E-state index in [4.69, 9.17) is 15.6 Å². The summed E-state index contributed by atoms with van der Waals surface area (Å²) >= 11 is 0. The molecule has 0 spiro atoms. The van der Waals surface area contributed by atoms with Crippen LogP contribution in [0.5, 0.6) is 0 Å². The Morgan fingerprint density at radius 1 is 1.12 bits per heavy atom. The number of hydrogen-bond acceptors (Lipinski definition) is 6. The van der Waals surface area contributed by atoms with Crippen molar-refractivity contribution in [3.63, 3.8) is 0 Å². The number of anilines is 1. The van der Waals surface area contributed by atoms with Gasteiger partial charge in [0.1, 0.15) is 17.7 Å². The number of hydrogen-bond donors (Lipinski definition) is 1. The second kappa shape index (κ2) is 7.33. The van der Waals surface area contributed by atoms with Crippen LogP contribution in [0.4, 0.5) is 10.6 Å². The van der Waals surface area contributed by atoms with E-state index in [0.29, 0.717) is 24.4 Å². The molecule has 0 bridgehead atoms. The molecule has 1 aliphatic heterocycles. The molecule has 0 atom stereocenters. The minimum absolute atomic E-state index is 0.378. The molecule has 1 amide bonds. The van der Waals surface area contributed by atoms with Gasteiger partial charge in [-0.05, 0) is 37.1 Å². The summed E-state index contributed by atoms with van der Waals surface area (Å²) in [4.78, 5) is 22.4. The highest BCUT2D eigenvalue weighted by Gasteiger charge is 2.30. The number of aromatic nitrogens is 4. The summed E-state index contributed by atoms with van der Waals surface area (Å²) in [5, 5.41) is 7.91. The Morgan fingerprint density at radius 3 is 2.66 bits per heavy atom. The summed E-state index contributed by atoms with van der Waals surface area (Å²) in [6, 6.07) is 14.5. The molecule has 0 aliphatic carbocycles. The van der Waals surface area contributed by atoms with Gasteiger partial charge in [-0.15, -0.1) is 0 Å². The van der Waals surface area contributed by atoms with E-state index in [1.165, 1.54) is 22.0 Å². The Kier molecular flexibility index (Phi) is 4.58. The Morgan fingerprint density at radius 2 is 1.88 bits per heavy atom. The lowest BCUT2D eigenvalue weighted by Gasteiger charge is -2.31. The van der Waals surface area contributed by atoms with Gasteiger partial charge in [0.25, 0.3) is 0 Å². The zero-order valence-electron chi connectivity index (χ0n) is 18.2. The van der Waals surface area contributed by atoms with Gasteiger partial charge in [-0.3, -0.25) is 4.90 Å². The zero-order valence-corrected chi connectivity index (χ0v) is 18.2. The van der Waals surface area contributed by atoms with Crippen molar-refractivity contribution >= 4 is 39.4 Å². The quantitative estimate of drug-likeness (QED) is 0.525. The van der Waals surface area contributed by atoms with Crippen LogP contribution in [-0.2, 0) is 11.2 Å². The number of ether oxygens (including phenoxy) is 1. The minimum atomic E-state index is -0.549. The van der Waals surface area contributed by atoms with Crippen LogP contribution in [-0.4, -0.2) is 42.9 Å². The molecular weight excluding hydrogens is 404 g/mol. The van der Waals surface area contributed by atoms with Gasteiger partial charge >= 0.3 is 6.09 Å². The summed E-state index contributed by atoms with van der Waals surface area (Å²) < 4.78 is 7.17. The SMILES string of the molecule is CC(C)(C)OC(=O)N1C=C(n2nc(Cc3cccc4ccccc34)c3c(N)ncnc32)C1. The summed E-state index contributed by atoms with van der Waals surface area (Å²) in [6.45, 7) is 5.91. The number of carbonyl (C=O) groups is 1. The van der Waals surface area contributed by atoms with E-state index in [-0.39, 0.29) is 6.09 Å². The van der Waals surface area contributed by atoms with Crippen LogP contribution < -0.4 is 5.73 Å².